The third-order valence-corrected chi connectivity index (χ3v) is 5.78. The number of pyridine rings is 1. The maximum Gasteiger partial charge on any atom is 0.190 e. The fourth-order valence-electron chi connectivity index (χ4n) is 3.55. The van der Waals surface area contributed by atoms with Crippen molar-refractivity contribution in [1.82, 2.24) is 4.57 Å². The van der Waals surface area contributed by atoms with Gasteiger partial charge in [0.1, 0.15) is 5.82 Å². The van der Waals surface area contributed by atoms with Crippen molar-refractivity contribution in [2.75, 3.05) is 6.61 Å². The second kappa shape index (κ2) is 8.40. The van der Waals surface area contributed by atoms with Crippen LogP contribution in [0.2, 0.25) is 15.1 Å². The zero-order valence-electron chi connectivity index (χ0n) is 15.5. The molecule has 4 rings (SSSR count). The Morgan fingerprint density at radius 2 is 1.63 bits per heavy atom. The van der Waals surface area contributed by atoms with Crippen molar-refractivity contribution in [2.24, 2.45) is 0 Å². The topological polar surface area (TPSA) is 42.2 Å². The molecule has 0 radical (unpaired) electrons. The van der Waals surface area contributed by atoms with Crippen LogP contribution in [-0.4, -0.2) is 16.3 Å². The summed E-state index contributed by atoms with van der Waals surface area (Å²) in [5, 5.41) is 10.9. The number of hydrogen-bond donors (Lipinski definition) is 1. The van der Waals surface area contributed by atoms with Gasteiger partial charge in [-0.3, -0.25) is 4.79 Å². The number of benzene rings is 3. The van der Waals surface area contributed by atoms with Gasteiger partial charge in [-0.15, -0.1) is 0 Å². The maximum absolute atomic E-state index is 13.6. The summed E-state index contributed by atoms with van der Waals surface area (Å²) in [5.41, 5.74) is 2.70. The van der Waals surface area contributed by atoms with E-state index in [0.29, 0.717) is 44.2 Å². The van der Waals surface area contributed by atoms with Crippen molar-refractivity contribution >= 4 is 45.7 Å². The zero-order chi connectivity index (χ0) is 21.4. The van der Waals surface area contributed by atoms with Crippen molar-refractivity contribution < 1.29 is 9.50 Å². The molecule has 1 N–H and O–H groups in total. The third kappa shape index (κ3) is 3.72. The van der Waals surface area contributed by atoms with Gasteiger partial charge in [-0.25, -0.2) is 4.39 Å². The summed E-state index contributed by atoms with van der Waals surface area (Å²) in [7, 11) is 0. The van der Waals surface area contributed by atoms with E-state index in [-0.39, 0.29) is 17.1 Å². The predicted molar refractivity (Wildman–Crippen MR) is 121 cm³/mol. The summed E-state index contributed by atoms with van der Waals surface area (Å²) < 4.78 is 15.4. The Morgan fingerprint density at radius 3 is 2.30 bits per heavy atom. The van der Waals surface area contributed by atoms with E-state index in [2.05, 4.69) is 0 Å². The molecule has 0 amide bonds. The molecule has 3 aromatic carbocycles. The Kier molecular flexibility index (Phi) is 5.85. The Labute approximate surface area is 186 Å². The van der Waals surface area contributed by atoms with Crippen molar-refractivity contribution in [3.05, 3.63) is 97.5 Å². The number of fused-ring (bicyclic) bond motifs is 1. The first kappa shape index (κ1) is 20.9. The first-order chi connectivity index (χ1) is 14.4. The van der Waals surface area contributed by atoms with Gasteiger partial charge in [-0.2, -0.15) is 0 Å². The number of halogens is 4. The average Bonchev–Trinajstić information content (AvgIpc) is 2.69. The molecule has 0 aliphatic carbocycles. The lowest BCUT2D eigenvalue weighted by atomic mass is 9.96. The van der Waals surface area contributed by atoms with Crippen LogP contribution in [0.15, 0.2) is 65.6 Å². The van der Waals surface area contributed by atoms with E-state index in [0.717, 1.165) is 5.56 Å². The van der Waals surface area contributed by atoms with Crippen LogP contribution < -0.4 is 5.43 Å². The normalized spacial score (nSPS) is 11.2. The van der Waals surface area contributed by atoms with Gasteiger partial charge in [-0.05, 0) is 53.9 Å². The highest BCUT2D eigenvalue weighted by molar-refractivity contribution is 6.38. The van der Waals surface area contributed by atoms with Gasteiger partial charge in [-0.1, -0.05) is 46.9 Å². The Bertz CT molecular complexity index is 1310. The fourth-order valence-corrected chi connectivity index (χ4v) is 4.40. The minimum Gasteiger partial charge on any atom is -0.396 e. The molecule has 0 bridgehead atoms. The number of aliphatic hydroxyl groups excluding tert-OH is 1. The number of aliphatic hydroxyl groups is 1. The molecule has 3 nitrogen and oxygen atoms in total. The smallest absolute Gasteiger partial charge is 0.190 e. The van der Waals surface area contributed by atoms with Crippen LogP contribution in [0.5, 0.6) is 0 Å². The maximum atomic E-state index is 13.6. The van der Waals surface area contributed by atoms with Crippen molar-refractivity contribution in [3.8, 4) is 16.8 Å². The molecular formula is C23H15Cl3FNO2. The Balaban J connectivity index is 2.15. The number of aromatic nitrogens is 1. The van der Waals surface area contributed by atoms with E-state index in [1.807, 2.05) is 6.07 Å². The summed E-state index contributed by atoms with van der Waals surface area (Å²) in [4.78, 5) is 12.9. The molecule has 0 unspecified atom stereocenters. The molecule has 152 valence electrons. The number of para-hydroxylation sites is 1. The number of hydrogen-bond acceptors (Lipinski definition) is 2. The summed E-state index contributed by atoms with van der Waals surface area (Å²) >= 11 is 19.1. The molecule has 4 aromatic rings. The van der Waals surface area contributed by atoms with Gasteiger partial charge in [0.15, 0.2) is 5.43 Å². The molecule has 0 aliphatic heterocycles. The van der Waals surface area contributed by atoms with E-state index in [9.17, 15) is 14.3 Å². The molecule has 0 fully saturated rings. The minimum absolute atomic E-state index is 0.0774. The van der Waals surface area contributed by atoms with Gasteiger partial charge in [0, 0.05) is 24.4 Å². The molecule has 0 saturated carbocycles. The van der Waals surface area contributed by atoms with Crippen LogP contribution >= 0.6 is 34.8 Å². The lowest BCUT2D eigenvalue weighted by Gasteiger charge is -2.18. The van der Waals surface area contributed by atoms with Gasteiger partial charge < -0.3 is 9.67 Å². The molecule has 7 heteroatoms. The first-order valence-corrected chi connectivity index (χ1v) is 10.2. The molecule has 1 aromatic heterocycles. The molecule has 0 spiro atoms. The van der Waals surface area contributed by atoms with Gasteiger partial charge in [0.25, 0.3) is 0 Å². The van der Waals surface area contributed by atoms with Crippen LogP contribution in [0.25, 0.3) is 27.7 Å². The largest absolute Gasteiger partial charge is 0.396 e. The van der Waals surface area contributed by atoms with Crippen molar-refractivity contribution in [3.63, 3.8) is 0 Å². The molecular weight excluding hydrogens is 448 g/mol. The molecule has 30 heavy (non-hydrogen) atoms. The zero-order valence-corrected chi connectivity index (χ0v) is 17.8. The van der Waals surface area contributed by atoms with Gasteiger partial charge in [0.2, 0.25) is 0 Å². The Morgan fingerprint density at radius 1 is 0.900 bits per heavy atom. The summed E-state index contributed by atoms with van der Waals surface area (Å²) in [6.45, 7) is -0.0774. The highest BCUT2D eigenvalue weighted by atomic mass is 35.5. The highest BCUT2D eigenvalue weighted by Crippen LogP contribution is 2.36. The predicted octanol–water partition coefficient (Wildman–Crippen LogP) is 6.29. The molecule has 0 aliphatic rings. The SMILES string of the molecule is O=c1ccn(-c2c(Cl)cccc2Cl)c2cc(CCO)cc(-c3ccc(F)cc3Cl)c12. The minimum atomic E-state index is -0.472. The van der Waals surface area contributed by atoms with Crippen LogP contribution in [0.3, 0.4) is 0 Å². The van der Waals surface area contributed by atoms with Crippen LogP contribution in [0, 0.1) is 5.82 Å². The average molecular weight is 463 g/mol. The van der Waals surface area contributed by atoms with E-state index < -0.39 is 5.82 Å². The van der Waals surface area contributed by atoms with Crippen LogP contribution in [-0.2, 0) is 6.42 Å². The van der Waals surface area contributed by atoms with E-state index in [4.69, 9.17) is 34.8 Å². The lowest BCUT2D eigenvalue weighted by molar-refractivity contribution is 0.299. The first-order valence-electron chi connectivity index (χ1n) is 9.09. The van der Waals surface area contributed by atoms with Gasteiger partial charge in [0.05, 0.1) is 31.7 Å². The second-order valence-corrected chi connectivity index (χ2v) is 7.98. The quantitative estimate of drug-likeness (QED) is 0.387. The lowest BCUT2D eigenvalue weighted by Crippen LogP contribution is -2.10. The van der Waals surface area contributed by atoms with Crippen LogP contribution in [0.4, 0.5) is 4.39 Å². The second-order valence-electron chi connectivity index (χ2n) is 6.76. The van der Waals surface area contributed by atoms with E-state index >= 15 is 0 Å². The fraction of sp³-hybridized carbons (Fsp3) is 0.0870. The molecule has 0 saturated heterocycles. The third-order valence-electron chi connectivity index (χ3n) is 4.86. The van der Waals surface area contributed by atoms with Crippen molar-refractivity contribution in [1.29, 1.82) is 0 Å². The summed E-state index contributed by atoms with van der Waals surface area (Å²) in [6.07, 6.45) is 1.97. The molecule has 1 heterocycles. The Hall–Kier alpha value is -2.37. The number of rotatable bonds is 4. The van der Waals surface area contributed by atoms with Crippen molar-refractivity contribution in [2.45, 2.75) is 6.42 Å². The highest BCUT2D eigenvalue weighted by Gasteiger charge is 2.17. The summed E-state index contributed by atoms with van der Waals surface area (Å²) in [5.74, 6) is -0.472. The van der Waals surface area contributed by atoms with Crippen LogP contribution in [0.1, 0.15) is 5.56 Å². The van der Waals surface area contributed by atoms with E-state index in [1.54, 1.807) is 35.0 Å². The molecule has 0 atom stereocenters. The summed E-state index contributed by atoms with van der Waals surface area (Å²) in [6, 6.07) is 14.2. The number of nitrogens with zero attached hydrogens (tertiary/aromatic N) is 1. The van der Waals surface area contributed by atoms with Gasteiger partial charge >= 0.3 is 0 Å². The standard InChI is InChI=1S/C23H15Cl3FNO2/c24-17-2-1-3-18(25)23(17)28-8-6-21(30)22-16(10-13(7-9-29)11-20(22)28)15-5-4-14(27)12-19(15)26/h1-6,8,10-12,29H,7,9H2. The van der Waals surface area contributed by atoms with E-state index in [1.165, 1.54) is 24.3 Å². The monoisotopic (exact) mass is 461 g/mol.